The summed E-state index contributed by atoms with van der Waals surface area (Å²) in [6.07, 6.45) is 0. The van der Waals surface area contributed by atoms with Crippen LogP contribution in [0.4, 0.5) is 0 Å². The third-order valence-electron chi connectivity index (χ3n) is 11.0. The van der Waals surface area contributed by atoms with Gasteiger partial charge in [0.2, 0.25) is 0 Å². The van der Waals surface area contributed by atoms with Crippen molar-refractivity contribution in [3.05, 3.63) is 181 Å². The van der Waals surface area contributed by atoms with Gasteiger partial charge in [-0.3, -0.25) is 0 Å². The van der Waals surface area contributed by atoms with Crippen LogP contribution in [-0.2, 0) is 5.41 Å². The maximum Gasteiger partial charge on any atom is 0.0158 e. The lowest BCUT2D eigenvalue weighted by molar-refractivity contribution is 0.660. The molecule has 0 saturated carbocycles. The lowest BCUT2D eigenvalue weighted by Crippen LogP contribution is -2.14. The molecule has 0 radical (unpaired) electrons. The first-order valence-corrected chi connectivity index (χ1v) is 17.3. The van der Waals surface area contributed by atoms with Crippen molar-refractivity contribution >= 4 is 43.1 Å². The average Bonchev–Trinajstić information content (AvgIpc) is 3.38. The monoisotopic (exact) mass is 622 g/mol. The van der Waals surface area contributed by atoms with Crippen LogP contribution in [0.5, 0.6) is 0 Å². The number of hydrogen-bond acceptors (Lipinski definition) is 0. The minimum Gasteiger partial charge on any atom is -0.0619 e. The van der Waals surface area contributed by atoms with E-state index in [1.807, 2.05) is 0 Å². The van der Waals surface area contributed by atoms with E-state index in [1.165, 1.54) is 98.7 Å². The van der Waals surface area contributed by atoms with Gasteiger partial charge in [0.15, 0.2) is 0 Å². The van der Waals surface area contributed by atoms with E-state index in [-0.39, 0.29) is 5.41 Å². The summed E-state index contributed by atoms with van der Waals surface area (Å²) in [5.74, 6) is 0. The van der Waals surface area contributed by atoms with Gasteiger partial charge in [-0.25, -0.2) is 0 Å². The van der Waals surface area contributed by atoms with Gasteiger partial charge >= 0.3 is 0 Å². The predicted octanol–water partition coefficient (Wildman–Crippen LogP) is 13.6. The number of benzene rings is 9. The molecule has 9 aromatic rings. The lowest BCUT2D eigenvalue weighted by atomic mass is 9.82. The molecule has 0 aromatic heterocycles. The minimum atomic E-state index is -0.0103. The molecule has 0 nitrogen and oxygen atoms in total. The van der Waals surface area contributed by atoms with E-state index in [1.54, 1.807) is 0 Å². The van der Waals surface area contributed by atoms with Crippen molar-refractivity contribution in [2.75, 3.05) is 0 Å². The van der Waals surface area contributed by atoms with Gasteiger partial charge in [-0.2, -0.15) is 0 Å². The fourth-order valence-electron chi connectivity index (χ4n) is 8.66. The molecule has 0 aliphatic heterocycles. The molecule has 0 N–H and O–H groups in total. The molecule has 0 unspecified atom stereocenters. The molecule has 1 aliphatic rings. The largest absolute Gasteiger partial charge is 0.0619 e. The van der Waals surface area contributed by atoms with Crippen molar-refractivity contribution in [2.45, 2.75) is 19.3 Å². The Hall–Kier alpha value is -5.98. The standard InChI is InChI=1S/C49H34/c1-49(2)45-22-12-11-17-38(45)43-29-33(25-26-46(43)49)36-28-34-15-5-6-16-37(34)44(30-36)48-41-20-9-7-18-39(41)47(40-19-8-10-21-42(40)48)35-24-23-31-13-3-4-14-32(31)27-35/h3-30H,1-2H3. The Balaban J connectivity index is 1.26. The Morgan fingerprint density at radius 3 is 1.55 bits per heavy atom. The van der Waals surface area contributed by atoms with Crippen molar-refractivity contribution in [3.63, 3.8) is 0 Å². The molecule has 0 atom stereocenters. The summed E-state index contributed by atoms with van der Waals surface area (Å²) >= 11 is 0. The Kier molecular flexibility index (Phi) is 6.02. The highest BCUT2D eigenvalue weighted by atomic mass is 14.4. The summed E-state index contributed by atoms with van der Waals surface area (Å²) in [6, 6.07) is 63.3. The topological polar surface area (TPSA) is 0 Å². The fourth-order valence-corrected chi connectivity index (χ4v) is 8.66. The zero-order chi connectivity index (χ0) is 32.7. The predicted molar refractivity (Wildman–Crippen MR) is 210 cm³/mol. The van der Waals surface area contributed by atoms with Crippen LogP contribution in [0.15, 0.2) is 170 Å². The average molecular weight is 623 g/mol. The second-order valence-corrected chi connectivity index (χ2v) is 14.1. The maximum atomic E-state index is 2.44. The molecule has 230 valence electrons. The van der Waals surface area contributed by atoms with Gasteiger partial charge in [0.1, 0.15) is 0 Å². The molecule has 49 heavy (non-hydrogen) atoms. The van der Waals surface area contributed by atoms with Crippen molar-refractivity contribution < 1.29 is 0 Å². The van der Waals surface area contributed by atoms with Gasteiger partial charge in [0, 0.05) is 5.41 Å². The zero-order valence-electron chi connectivity index (χ0n) is 27.7. The third-order valence-corrected chi connectivity index (χ3v) is 11.0. The summed E-state index contributed by atoms with van der Waals surface area (Å²) < 4.78 is 0. The van der Waals surface area contributed by atoms with Crippen molar-refractivity contribution in [1.82, 2.24) is 0 Å². The first-order chi connectivity index (χ1) is 24.1. The van der Waals surface area contributed by atoms with Crippen LogP contribution in [0.1, 0.15) is 25.0 Å². The van der Waals surface area contributed by atoms with E-state index in [2.05, 4.69) is 184 Å². The van der Waals surface area contributed by atoms with E-state index >= 15 is 0 Å². The van der Waals surface area contributed by atoms with Crippen LogP contribution in [0.2, 0.25) is 0 Å². The maximum absolute atomic E-state index is 2.44. The van der Waals surface area contributed by atoms with Gasteiger partial charge < -0.3 is 0 Å². The van der Waals surface area contributed by atoms with Crippen LogP contribution in [0.25, 0.3) is 87.6 Å². The second kappa shape index (κ2) is 10.5. The number of hydrogen-bond donors (Lipinski definition) is 0. The quantitative estimate of drug-likeness (QED) is 0.172. The molecule has 0 heterocycles. The molecule has 0 amide bonds. The van der Waals surface area contributed by atoms with Crippen molar-refractivity contribution in [1.29, 1.82) is 0 Å². The van der Waals surface area contributed by atoms with Crippen LogP contribution < -0.4 is 0 Å². The molecule has 0 fully saturated rings. The van der Waals surface area contributed by atoms with E-state index in [9.17, 15) is 0 Å². The van der Waals surface area contributed by atoms with Gasteiger partial charge in [0.05, 0.1) is 0 Å². The van der Waals surface area contributed by atoms with Crippen LogP contribution in [-0.4, -0.2) is 0 Å². The van der Waals surface area contributed by atoms with E-state index in [0.29, 0.717) is 0 Å². The van der Waals surface area contributed by atoms with Gasteiger partial charge in [-0.05, 0) is 123 Å². The smallest absolute Gasteiger partial charge is 0.0158 e. The molecule has 9 aromatic carbocycles. The highest BCUT2D eigenvalue weighted by Gasteiger charge is 2.35. The Morgan fingerprint density at radius 1 is 0.306 bits per heavy atom. The van der Waals surface area contributed by atoms with Crippen LogP contribution in [0.3, 0.4) is 0 Å². The van der Waals surface area contributed by atoms with Gasteiger partial charge in [-0.15, -0.1) is 0 Å². The van der Waals surface area contributed by atoms with Gasteiger partial charge in [-0.1, -0.05) is 159 Å². The molecule has 0 heteroatoms. The summed E-state index contributed by atoms with van der Waals surface area (Å²) in [5, 5.41) is 10.1. The highest BCUT2D eigenvalue weighted by molar-refractivity contribution is 6.24. The van der Waals surface area contributed by atoms with Crippen LogP contribution in [0, 0.1) is 0 Å². The molecule has 0 spiro atoms. The second-order valence-electron chi connectivity index (χ2n) is 14.1. The first kappa shape index (κ1) is 28.1. The molecule has 10 rings (SSSR count). The number of rotatable bonds is 3. The SMILES string of the molecule is CC1(C)c2ccccc2-c2cc(-c3cc(-c4c5ccccc5c(-c5ccc6ccccc6c5)c5ccccc45)c4ccccc4c3)ccc21. The fraction of sp³-hybridized carbons (Fsp3) is 0.0612. The Labute approximate surface area is 286 Å². The van der Waals surface area contributed by atoms with E-state index in [0.717, 1.165) is 0 Å². The Morgan fingerprint density at radius 2 is 0.816 bits per heavy atom. The van der Waals surface area contributed by atoms with E-state index < -0.39 is 0 Å². The molecule has 0 bridgehead atoms. The molecular weight excluding hydrogens is 589 g/mol. The summed E-state index contributed by atoms with van der Waals surface area (Å²) in [7, 11) is 0. The summed E-state index contributed by atoms with van der Waals surface area (Å²) in [4.78, 5) is 0. The molecular formula is C49H34. The zero-order valence-corrected chi connectivity index (χ0v) is 27.7. The summed E-state index contributed by atoms with van der Waals surface area (Å²) in [6.45, 7) is 4.70. The first-order valence-electron chi connectivity index (χ1n) is 17.3. The third kappa shape index (κ3) is 4.17. The summed E-state index contributed by atoms with van der Waals surface area (Å²) in [5.41, 5.74) is 13.1. The molecule has 1 aliphatic carbocycles. The molecule has 0 saturated heterocycles. The van der Waals surface area contributed by atoms with E-state index in [4.69, 9.17) is 0 Å². The minimum absolute atomic E-state index is 0.0103. The van der Waals surface area contributed by atoms with Crippen molar-refractivity contribution in [3.8, 4) is 44.5 Å². The van der Waals surface area contributed by atoms with Gasteiger partial charge in [0.25, 0.3) is 0 Å². The highest BCUT2D eigenvalue weighted by Crippen LogP contribution is 2.51. The Bertz CT molecular complexity index is 2740. The van der Waals surface area contributed by atoms with Crippen LogP contribution >= 0.6 is 0 Å². The lowest BCUT2D eigenvalue weighted by Gasteiger charge is -2.21. The normalized spacial score (nSPS) is 13.3. The number of fused-ring (bicyclic) bond motifs is 7. The van der Waals surface area contributed by atoms with Crippen molar-refractivity contribution in [2.24, 2.45) is 0 Å².